The molecular formula is C9H17N5. The molecule has 0 amide bonds. The van der Waals surface area contributed by atoms with E-state index >= 15 is 0 Å². The van der Waals surface area contributed by atoms with Crippen molar-refractivity contribution in [2.75, 3.05) is 13.1 Å². The average molecular weight is 195 g/mol. The van der Waals surface area contributed by atoms with E-state index in [2.05, 4.69) is 15.6 Å². The van der Waals surface area contributed by atoms with Crippen LogP contribution in [0.15, 0.2) is 17.3 Å². The van der Waals surface area contributed by atoms with Gasteiger partial charge in [-0.1, -0.05) is 0 Å². The zero-order valence-corrected chi connectivity index (χ0v) is 8.16. The summed E-state index contributed by atoms with van der Waals surface area (Å²) in [6.45, 7) is 2.03. The summed E-state index contributed by atoms with van der Waals surface area (Å²) in [5.74, 6) is 0.800. The van der Waals surface area contributed by atoms with Crippen LogP contribution < -0.4 is 22.1 Å². The standard InChI is InChI=1S/C9H17N5/c10-8-13-6-3-9(11,14-8)7-1-4-12-5-2-7/h3,6-7,12H,1-2,4-5,11H2,(H3,10,13,14). The van der Waals surface area contributed by atoms with Gasteiger partial charge < -0.3 is 22.1 Å². The zero-order chi connectivity index (χ0) is 10.0. The highest BCUT2D eigenvalue weighted by Crippen LogP contribution is 2.27. The molecule has 1 atom stereocenters. The molecule has 0 aromatic carbocycles. The smallest absolute Gasteiger partial charge is 0.194 e. The molecule has 78 valence electrons. The predicted octanol–water partition coefficient (Wildman–Crippen LogP) is -0.927. The molecular weight excluding hydrogens is 178 g/mol. The van der Waals surface area contributed by atoms with Crippen LogP contribution in [-0.4, -0.2) is 24.7 Å². The molecule has 0 radical (unpaired) electrons. The maximum Gasteiger partial charge on any atom is 0.194 e. The number of guanidine groups is 1. The lowest BCUT2D eigenvalue weighted by Gasteiger charge is -2.36. The summed E-state index contributed by atoms with van der Waals surface area (Å²) < 4.78 is 0. The van der Waals surface area contributed by atoms with E-state index in [0.29, 0.717) is 11.9 Å². The second-order valence-electron chi connectivity index (χ2n) is 3.89. The largest absolute Gasteiger partial charge is 0.370 e. The van der Waals surface area contributed by atoms with Gasteiger partial charge in [0.1, 0.15) is 5.66 Å². The Hall–Kier alpha value is -1.07. The Labute approximate surface area is 83.6 Å². The molecule has 6 N–H and O–H groups in total. The Bertz CT molecular complexity index is 266. The lowest BCUT2D eigenvalue weighted by atomic mass is 9.85. The van der Waals surface area contributed by atoms with E-state index in [1.165, 1.54) is 0 Å². The molecule has 0 aromatic rings. The summed E-state index contributed by atoms with van der Waals surface area (Å²) in [5.41, 5.74) is 11.2. The number of nitrogens with one attached hydrogen (secondary N) is 2. The van der Waals surface area contributed by atoms with E-state index in [-0.39, 0.29) is 0 Å². The second kappa shape index (κ2) is 3.59. The van der Waals surface area contributed by atoms with Crippen LogP contribution in [-0.2, 0) is 0 Å². The van der Waals surface area contributed by atoms with Crippen LogP contribution in [0.25, 0.3) is 0 Å². The molecule has 2 heterocycles. The van der Waals surface area contributed by atoms with Gasteiger partial charge in [0.25, 0.3) is 0 Å². The lowest BCUT2D eigenvalue weighted by molar-refractivity contribution is 0.264. The fraction of sp³-hybridized carbons (Fsp3) is 0.667. The highest BCUT2D eigenvalue weighted by molar-refractivity contribution is 5.80. The Kier molecular flexibility index (Phi) is 2.43. The fourth-order valence-corrected chi connectivity index (χ4v) is 2.05. The van der Waals surface area contributed by atoms with Gasteiger partial charge in [0.15, 0.2) is 5.96 Å². The highest BCUT2D eigenvalue weighted by Gasteiger charge is 2.34. The minimum Gasteiger partial charge on any atom is -0.370 e. The van der Waals surface area contributed by atoms with Gasteiger partial charge in [-0.25, -0.2) is 4.99 Å². The number of rotatable bonds is 1. The second-order valence-corrected chi connectivity index (χ2v) is 3.89. The van der Waals surface area contributed by atoms with Gasteiger partial charge >= 0.3 is 0 Å². The van der Waals surface area contributed by atoms with Crippen molar-refractivity contribution in [3.05, 3.63) is 12.3 Å². The van der Waals surface area contributed by atoms with Crippen molar-refractivity contribution in [1.82, 2.24) is 10.6 Å². The number of nitrogens with zero attached hydrogens (tertiary/aromatic N) is 1. The third-order valence-electron chi connectivity index (χ3n) is 2.89. The van der Waals surface area contributed by atoms with Crippen LogP contribution in [0.4, 0.5) is 0 Å². The number of nitrogens with two attached hydrogens (primary N) is 2. The van der Waals surface area contributed by atoms with Gasteiger partial charge in [-0.2, -0.15) is 0 Å². The molecule has 1 unspecified atom stereocenters. The van der Waals surface area contributed by atoms with Crippen molar-refractivity contribution >= 4 is 5.96 Å². The first-order valence-corrected chi connectivity index (χ1v) is 5.00. The van der Waals surface area contributed by atoms with E-state index in [1.54, 1.807) is 6.20 Å². The first-order valence-electron chi connectivity index (χ1n) is 5.00. The van der Waals surface area contributed by atoms with Crippen molar-refractivity contribution in [2.45, 2.75) is 18.5 Å². The summed E-state index contributed by atoms with van der Waals surface area (Å²) in [5, 5.41) is 6.14. The highest BCUT2D eigenvalue weighted by atomic mass is 15.2. The molecule has 2 aliphatic heterocycles. The minimum atomic E-state index is -0.600. The fourth-order valence-electron chi connectivity index (χ4n) is 2.05. The topological polar surface area (TPSA) is 88.5 Å². The van der Waals surface area contributed by atoms with Crippen LogP contribution in [0.3, 0.4) is 0 Å². The maximum atomic E-state index is 6.20. The molecule has 0 spiro atoms. The molecule has 0 saturated carbocycles. The first-order chi connectivity index (χ1) is 6.71. The molecule has 1 saturated heterocycles. The molecule has 0 bridgehead atoms. The van der Waals surface area contributed by atoms with Crippen molar-refractivity contribution in [3.8, 4) is 0 Å². The molecule has 0 aromatic heterocycles. The summed E-state index contributed by atoms with van der Waals surface area (Å²) >= 11 is 0. The zero-order valence-electron chi connectivity index (χ0n) is 8.16. The van der Waals surface area contributed by atoms with E-state index in [4.69, 9.17) is 11.5 Å². The minimum absolute atomic E-state index is 0.389. The van der Waals surface area contributed by atoms with Gasteiger partial charge in [-0.15, -0.1) is 0 Å². The van der Waals surface area contributed by atoms with E-state index in [9.17, 15) is 0 Å². The summed E-state index contributed by atoms with van der Waals surface area (Å²) in [4.78, 5) is 4.28. The van der Waals surface area contributed by atoms with Gasteiger partial charge in [0.2, 0.25) is 0 Å². The van der Waals surface area contributed by atoms with E-state index in [0.717, 1.165) is 25.9 Å². The van der Waals surface area contributed by atoms with Crippen LogP contribution >= 0.6 is 0 Å². The summed E-state index contributed by atoms with van der Waals surface area (Å²) in [7, 11) is 0. The quantitative estimate of drug-likeness (QED) is 0.435. The summed E-state index contributed by atoms with van der Waals surface area (Å²) in [6, 6.07) is 0. The number of piperidine rings is 1. The number of hydrogen-bond donors (Lipinski definition) is 4. The van der Waals surface area contributed by atoms with Crippen molar-refractivity contribution in [2.24, 2.45) is 22.4 Å². The van der Waals surface area contributed by atoms with Gasteiger partial charge in [0, 0.05) is 12.1 Å². The van der Waals surface area contributed by atoms with Crippen LogP contribution in [0.5, 0.6) is 0 Å². The van der Waals surface area contributed by atoms with Crippen LogP contribution in [0.2, 0.25) is 0 Å². The van der Waals surface area contributed by atoms with Crippen molar-refractivity contribution in [3.63, 3.8) is 0 Å². The van der Waals surface area contributed by atoms with Crippen molar-refractivity contribution < 1.29 is 0 Å². The van der Waals surface area contributed by atoms with Gasteiger partial charge in [0.05, 0.1) is 0 Å². The number of hydrogen-bond acceptors (Lipinski definition) is 5. The monoisotopic (exact) mass is 195 g/mol. The molecule has 0 aliphatic carbocycles. The Morgan fingerprint density at radius 1 is 1.43 bits per heavy atom. The SMILES string of the molecule is NC1=NC(N)(C2CCNCC2)C=CN1. The normalized spacial score (nSPS) is 33.6. The maximum absolute atomic E-state index is 6.20. The van der Waals surface area contributed by atoms with Crippen molar-refractivity contribution in [1.29, 1.82) is 0 Å². The van der Waals surface area contributed by atoms with Crippen LogP contribution in [0.1, 0.15) is 12.8 Å². The molecule has 5 nitrogen and oxygen atoms in total. The molecule has 1 fully saturated rings. The molecule has 5 heteroatoms. The molecule has 2 aliphatic rings. The van der Waals surface area contributed by atoms with Crippen LogP contribution in [0, 0.1) is 5.92 Å². The van der Waals surface area contributed by atoms with Gasteiger partial charge in [-0.3, -0.25) is 0 Å². The van der Waals surface area contributed by atoms with Gasteiger partial charge in [-0.05, 0) is 32.0 Å². The van der Waals surface area contributed by atoms with E-state index < -0.39 is 5.66 Å². The lowest BCUT2D eigenvalue weighted by Crippen LogP contribution is -2.52. The number of aliphatic imine (C=N–C) groups is 1. The predicted molar refractivity (Wildman–Crippen MR) is 56.4 cm³/mol. The average Bonchev–Trinajstić information content (AvgIpc) is 2.19. The Morgan fingerprint density at radius 2 is 2.14 bits per heavy atom. The third kappa shape index (κ3) is 1.73. The Morgan fingerprint density at radius 3 is 2.79 bits per heavy atom. The third-order valence-corrected chi connectivity index (χ3v) is 2.89. The van der Waals surface area contributed by atoms with E-state index in [1.807, 2.05) is 6.08 Å². The Balaban J connectivity index is 2.13. The molecule has 2 rings (SSSR count). The first kappa shape index (κ1) is 9.48. The molecule has 14 heavy (non-hydrogen) atoms. The summed E-state index contributed by atoms with van der Waals surface area (Å²) in [6.07, 6.45) is 5.79.